The molecule has 1 aromatic heterocycles. The van der Waals surface area contributed by atoms with Crippen LogP contribution in [0.4, 0.5) is 0 Å². The van der Waals surface area contributed by atoms with Crippen LogP contribution in [0.25, 0.3) is 0 Å². The molecular formula is C13H14N2O2S. The zero-order valence-electron chi connectivity index (χ0n) is 10.3. The van der Waals surface area contributed by atoms with Gasteiger partial charge in [-0.2, -0.15) is 0 Å². The molecule has 0 saturated heterocycles. The van der Waals surface area contributed by atoms with E-state index in [-0.39, 0.29) is 5.78 Å². The quantitative estimate of drug-likeness (QED) is 0.857. The topological polar surface area (TPSA) is 65.2 Å². The molecular weight excluding hydrogens is 248 g/mol. The number of hydrogen-bond acceptors (Lipinski definition) is 5. The fourth-order valence-electron chi connectivity index (χ4n) is 1.66. The van der Waals surface area contributed by atoms with Gasteiger partial charge in [0.2, 0.25) is 5.78 Å². The highest BCUT2D eigenvalue weighted by molar-refractivity contribution is 7.09. The maximum absolute atomic E-state index is 12.3. The molecule has 5 heteroatoms. The highest BCUT2D eigenvalue weighted by Crippen LogP contribution is 2.20. The Morgan fingerprint density at radius 1 is 1.50 bits per heavy atom. The van der Waals surface area contributed by atoms with E-state index < -0.39 is 0 Å². The van der Waals surface area contributed by atoms with E-state index in [9.17, 15) is 4.79 Å². The molecule has 94 valence electrons. The number of aromatic nitrogens is 1. The monoisotopic (exact) mass is 262 g/mol. The van der Waals surface area contributed by atoms with E-state index in [1.54, 1.807) is 24.6 Å². The van der Waals surface area contributed by atoms with Crippen molar-refractivity contribution in [3.8, 4) is 5.75 Å². The van der Waals surface area contributed by atoms with Crippen LogP contribution in [0.15, 0.2) is 23.6 Å². The van der Waals surface area contributed by atoms with Crippen LogP contribution in [-0.4, -0.2) is 17.9 Å². The van der Waals surface area contributed by atoms with Gasteiger partial charge in [0.1, 0.15) is 16.5 Å². The first-order valence-corrected chi connectivity index (χ1v) is 6.37. The summed E-state index contributed by atoms with van der Waals surface area (Å²) in [6.45, 7) is 2.24. The maximum atomic E-state index is 12.3. The minimum absolute atomic E-state index is 0.0777. The minimum atomic E-state index is -0.0777. The van der Waals surface area contributed by atoms with Crippen LogP contribution in [0.3, 0.4) is 0 Å². The van der Waals surface area contributed by atoms with Crippen LogP contribution in [0.1, 0.15) is 26.6 Å². The number of hydrogen-bond donors (Lipinski definition) is 1. The molecule has 0 radical (unpaired) electrons. The Balaban J connectivity index is 2.33. The molecule has 0 saturated carbocycles. The van der Waals surface area contributed by atoms with Crippen LogP contribution in [0.2, 0.25) is 0 Å². The lowest BCUT2D eigenvalue weighted by molar-refractivity contribution is 0.103. The van der Waals surface area contributed by atoms with Crippen LogP contribution < -0.4 is 10.5 Å². The number of aryl methyl sites for hydroxylation is 1. The number of ketones is 1. The lowest BCUT2D eigenvalue weighted by Crippen LogP contribution is -2.05. The Morgan fingerprint density at radius 3 is 2.83 bits per heavy atom. The van der Waals surface area contributed by atoms with Gasteiger partial charge in [-0.1, -0.05) is 0 Å². The third kappa shape index (κ3) is 2.42. The molecule has 1 heterocycles. The Hall–Kier alpha value is -1.72. The van der Waals surface area contributed by atoms with E-state index in [4.69, 9.17) is 10.5 Å². The summed E-state index contributed by atoms with van der Waals surface area (Å²) in [6.07, 6.45) is 0. The highest BCUT2D eigenvalue weighted by Gasteiger charge is 2.15. The number of carbonyl (C=O) groups excluding carboxylic acids is 1. The summed E-state index contributed by atoms with van der Waals surface area (Å²) in [5, 5.41) is 2.51. The Labute approximate surface area is 109 Å². The number of ether oxygens (including phenoxy) is 1. The van der Waals surface area contributed by atoms with Crippen LogP contribution in [0, 0.1) is 6.92 Å². The summed E-state index contributed by atoms with van der Waals surface area (Å²) < 4.78 is 5.12. The molecule has 0 aliphatic heterocycles. The van der Waals surface area contributed by atoms with E-state index >= 15 is 0 Å². The fourth-order valence-corrected chi connectivity index (χ4v) is 2.32. The molecule has 2 rings (SSSR count). The van der Waals surface area contributed by atoms with Crippen molar-refractivity contribution in [2.75, 3.05) is 7.11 Å². The first-order valence-electron chi connectivity index (χ1n) is 5.49. The molecule has 0 spiro atoms. The summed E-state index contributed by atoms with van der Waals surface area (Å²) in [5.41, 5.74) is 7.46. The number of nitrogens with zero attached hydrogens (tertiary/aromatic N) is 1. The lowest BCUT2D eigenvalue weighted by atomic mass is 10.0. The minimum Gasteiger partial charge on any atom is -0.497 e. The zero-order chi connectivity index (χ0) is 13.1. The van der Waals surface area contributed by atoms with Gasteiger partial charge in [0, 0.05) is 17.5 Å². The Bertz CT molecular complexity index is 578. The average Bonchev–Trinajstić information content (AvgIpc) is 2.86. The molecule has 0 amide bonds. The van der Waals surface area contributed by atoms with Crippen molar-refractivity contribution < 1.29 is 9.53 Å². The number of thiazole rings is 1. The summed E-state index contributed by atoms with van der Waals surface area (Å²) in [7, 11) is 1.60. The predicted octanol–water partition coefficient (Wildman–Crippen LogP) is 2.15. The van der Waals surface area contributed by atoms with E-state index in [1.165, 1.54) is 11.3 Å². The second-order valence-corrected chi connectivity index (χ2v) is 4.78. The van der Waals surface area contributed by atoms with Crippen molar-refractivity contribution >= 4 is 17.1 Å². The van der Waals surface area contributed by atoms with Gasteiger partial charge in [0.05, 0.1) is 7.11 Å². The largest absolute Gasteiger partial charge is 0.497 e. The molecule has 0 atom stereocenters. The summed E-state index contributed by atoms with van der Waals surface area (Å²) in [4.78, 5) is 16.5. The Morgan fingerprint density at radius 2 is 2.28 bits per heavy atom. The molecule has 18 heavy (non-hydrogen) atoms. The van der Waals surface area contributed by atoms with Gasteiger partial charge in [-0.3, -0.25) is 4.79 Å². The molecule has 2 aromatic rings. The fraction of sp³-hybridized carbons (Fsp3) is 0.231. The van der Waals surface area contributed by atoms with Gasteiger partial charge < -0.3 is 10.5 Å². The SMILES string of the molecule is COc1ccc(C(=O)c2csc(CN)n2)c(C)c1. The average molecular weight is 262 g/mol. The van der Waals surface area contributed by atoms with Crippen LogP contribution in [-0.2, 0) is 6.54 Å². The maximum Gasteiger partial charge on any atom is 0.212 e. The van der Waals surface area contributed by atoms with Crippen molar-refractivity contribution in [3.05, 3.63) is 45.4 Å². The summed E-state index contributed by atoms with van der Waals surface area (Å²) >= 11 is 1.40. The molecule has 0 aliphatic rings. The first kappa shape index (κ1) is 12.7. The molecule has 0 unspecified atom stereocenters. The first-order chi connectivity index (χ1) is 8.65. The predicted molar refractivity (Wildman–Crippen MR) is 71.2 cm³/mol. The number of carbonyl (C=O) groups is 1. The van der Waals surface area contributed by atoms with Crippen molar-refractivity contribution in [3.63, 3.8) is 0 Å². The van der Waals surface area contributed by atoms with E-state index in [0.717, 1.165) is 16.3 Å². The third-order valence-corrected chi connectivity index (χ3v) is 3.51. The smallest absolute Gasteiger partial charge is 0.212 e. The standard InChI is InChI=1S/C13H14N2O2S/c1-8-5-9(17-2)3-4-10(8)13(16)11-7-18-12(6-14)15-11/h3-5,7H,6,14H2,1-2H3. The van der Waals surface area contributed by atoms with E-state index in [1.807, 2.05) is 13.0 Å². The lowest BCUT2D eigenvalue weighted by Gasteiger charge is -2.05. The van der Waals surface area contributed by atoms with E-state index in [0.29, 0.717) is 17.8 Å². The second kappa shape index (κ2) is 5.29. The number of rotatable bonds is 4. The van der Waals surface area contributed by atoms with Crippen molar-refractivity contribution in [1.82, 2.24) is 4.98 Å². The third-order valence-electron chi connectivity index (χ3n) is 2.64. The highest BCUT2D eigenvalue weighted by atomic mass is 32.1. The van der Waals surface area contributed by atoms with Gasteiger partial charge in [0.15, 0.2) is 0 Å². The van der Waals surface area contributed by atoms with Gasteiger partial charge in [-0.15, -0.1) is 11.3 Å². The van der Waals surface area contributed by atoms with Gasteiger partial charge in [-0.25, -0.2) is 4.98 Å². The van der Waals surface area contributed by atoms with Crippen molar-refractivity contribution in [2.24, 2.45) is 5.73 Å². The molecule has 0 bridgehead atoms. The zero-order valence-corrected chi connectivity index (χ0v) is 11.1. The molecule has 4 nitrogen and oxygen atoms in total. The number of nitrogens with two attached hydrogens (primary N) is 1. The van der Waals surface area contributed by atoms with Gasteiger partial charge in [0.25, 0.3) is 0 Å². The molecule has 0 aliphatic carbocycles. The van der Waals surface area contributed by atoms with Crippen LogP contribution in [0.5, 0.6) is 5.75 Å². The molecule has 1 aromatic carbocycles. The molecule has 0 fully saturated rings. The van der Waals surface area contributed by atoms with Gasteiger partial charge in [-0.05, 0) is 30.7 Å². The van der Waals surface area contributed by atoms with Crippen molar-refractivity contribution in [1.29, 1.82) is 0 Å². The van der Waals surface area contributed by atoms with Crippen LogP contribution >= 0.6 is 11.3 Å². The van der Waals surface area contributed by atoms with Gasteiger partial charge >= 0.3 is 0 Å². The van der Waals surface area contributed by atoms with Crippen molar-refractivity contribution in [2.45, 2.75) is 13.5 Å². The van der Waals surface area contributed by atoms with E-state index in [2.05, 4.69) is 4.98 Å². The normalized spacial score (nSPS) is 10.4. The number of benzene rings is 1. The summed E-state index contributed by atoms with van der Waals surface area (Å²) in [6, 6.07) is 5.37. The second-order valence-electron chi connectivity index (χ2n) is 3.84. The Kier molecular flexibility index (Phi) is 3.74. The number of methoxy groups -OCH3 is 1. The molecule has 2 N–H and O–H groups in total. The summed E-state index contributed by atoms with van der Waals surface area (Å²) in [5.74, 6) is 0.663.